The van der Waals surface area contributed by atoms with Gasteiger partial charge in [-0.2, -0.15) is 0 Å². The average molecular weight is 155 g/mol. The molecule has 0 aromatic rings. The molecule has 0 aromatic heterocycles. The summed E-state index contributed by atoms with van der Waals surface area (Å²) in [5.41, 5.74) is 0.750. The SMILES string of the molecule is CCCC([Si])C(CC)CC. The molecule has 1 unspecified atom stereocenters. The molecule has 1 atom stereocenters. The van der Waals surface area contributed by atoms with Gasteiger partial charge in [-0.3, -0.25) is 0 Å². The molecule has 0 aliphatic heterocycles. The summed E-state index contributed by atoms with van der Waals surface area (Å²) in [6, 6.07) is 0. The Morgan fingerprint density at radius 2 is 1.60 bits per heavy atom. The Labute approximate surface area is 68.8 Å². The Hall–Kier alpha value is 0.217. The van der Waals surface area contributed by atoms with Gasteiger partial charge in [-0.1, -0.05) is 46.5 Å². The van der Waals surface area contributed by atoms with E-state index in [1.165, 1.54) is 25.7 Å². The lowest BCUT2D eigenvalue weighted by atomic mass is 9.96. The summed E-state index contributed by atoms with van der Waals surface area (Å²) in [4.78, 5) is 0. The van der Waals surface area contributed by atoms with Crippen molar-refractivity contribution in [1.82, 2.24) is 0 Å². The van der Waals surface area contributed by atoms with Gasteiger partial charge in [-0.15, -0.1) is 0 Å². The predicted octanol–water partition coefficient (Wildman–Crippen LogP) is 3.18. The third kappa shape index (κ3) is 3.40. The molecule has 0 spiro atoms. The smallest absolute Gasteiger partial charge is 0.0270 e. The first kappa shape index (κ1) is 10.2. The van der Waals surface area contributed by atoms with Crippen LogP contribution < -0.4 is 0 Å². The molecule has 0 nitrogen and oxygen atoms in total. The van der Waals surface area contributed by atoms with E-state index in [-0.39, 0.29) is 0 Å². The minimum absolute atomic E-state index is 0.750. The van der Waals surface area contributed by atoms with Crippen LogP contribution in [-0.4, -0.2) is 10.2 Å². The highest BCUT2D eigenvalue weighted by Gasteiger charge is 2.11. The Morgan fingerprint density at radius 1 is 1.10 bits per heavy atom. The van der Waals surface area contributed by atoms with Crippen LogP contribution >= 0.6 is 0 Å². The van der Waals surface area contributed by atoms with Gasteiger partial charge in [0, 0.05) is 10.2 Å². The molecule has 0 fully saturated rings. The van der Waals surface area contributed by atoms with Crippen LogP contribution in [0.3, 0.4) is 0 Å². The molecule has 0 amide bonds. The summed E-state index contributed by atoms with van der Waals surface area (Å²) in [6.07, 6.45) is 5.24. The molecule has 0 heterocycles. The van der Waals surface area contributed by atoms with E-state index in [0.29, 0.717) is 0 Å². The van der Waals surface area contributed by atoms with Gasteiger partial charge in [0.2, 0.25) is 0 Å². The van der Waals surface area contributed by atoms with Gasteiger partial charge >= 0.3 is 0 Å². The molecule has 0 saturated carbocycles. The number of rotatable bonds is 5. The maximum Gasteiger partial charge on any atom is 0.0270 e. The van der Waals surface area contributed by atoms with Crippen molar-refractivity contribution >= 4 is 10.2 Å². The maximum absolute atomic E-state index is 3.77. The highest BCUT2D eigenvalue weighted by molar-refractivity contribution is 6.11. The summed E-state index contributed by atoms with van der Waals surface area (Å²) in [5, 5.41) is 0. The molecule has 1 heteroatoms. The monoisotopic (exact) mass is 155 g/mol. The number of hydrogen-bond donors (Lipinski definition) is 0. The van der Waals surface area contributed by atoms with E-state index in [9.17, 15) is 0 Å². The summed E-state index contributed by atoms with van der Waals surface area (Å²) in [7, 11) is 3.77. The van der Waals surface area contributed by atoms with Gasteiger partial charge in [0.1, 0.15) is 0 Å². The second-order valence-electron chi connectivity index (χ2n) is 2.97. The Balaban J connectivity index is 3.53. The van der Waals surface area contributed by atoms with Crippen molar-refractivity contribution in [2.75, 3.05) is 0 Å². The molecular weight excluding hydrogens is 136 g/mol. The van der Waals surface area contributed by atoms with E-state index in [2.05, 4.69) is 31.0 Å². The molecule has 0 aromatic carbocycles. The normalized spacial score (nSPS) is 14.1. The zero-order valence-corrected chi connectivity index (χ0v) is 8.48. The predicted molar refractivity (Wildman–Crippen MR) is 48.5 cm³/mol. The Kier molecular flexibility index (Phi) is 6.09. The molecule has 0 N–H and O–H groups in total. The summed E-state index contributed by atoms with van der Waals surface area (Å²) in [5.74, 6) is 0.886. The van der Waals surface area contributed by atoms with Gasteiger partial charge in [0.15, 0.2) is 0 Å². The first-order valence-corrected chi connectivity index (χ1v) is 5.05. The van der Waals surface area contributed by atoms with Gasteiger partial charge in [0.25, 0.3) is 0 Å². The van der Waals surface area contributed by atoms with Crippen molar-refractivity contribution < 1.29 is 0 Å². The van der Waals surface area contributed by atoms with Crippen LogP contribution in [0.5, 0.6) is 0 Å². The zero-order chi connectivity index (χ0) is 7.98. The zero-order valence-electron chi connectivity index (χ0n) is 7.48. The van der Waals surface area contributed by atoms with Gasteiger partial charge < -0.3 is 0 Å². The fourth-order valence-electron chi connectivity index (χ4n) is 1.40. The fraction of sp³-hybridized carbons (Fsp3) is 1.00. The van der Waals surface area contributed by atoms with Crippen LogP contribution in [0, 0.1) is 5.92 Å². The van der Waals surface area contributed by atoms with Crippen LogP contribution in [-0.2, 0) is 0 Å². The van der Waals surface area contributed by atoms with E-state index >= 15 is 0 Å². The van der Waals surface area contributed by atoms with Crippen LogP contribution in [0.2, 0.25) is 5.54 Å². The minimum Gasteiger partial charge on any atom is -0.0654 e. The third-order valence-electron chi connectivity index (χ3n) is 2.22. The van der Waals surface area contributed by atoms with E-state index in [4.69, 9.17) is 0 Å². The van der Waals surface area contributed by atoms with Crippen molar-refractivity contribution in [3.63, 3.8) is 0 Å². The van der Waals surface area contributed by atoms with Crippen LogP contribution in [0.4, 0.5) is 0 Å². The summed E-state index contributed by atoms with van der Waals surface area (Å²) < 4.78 is 0. The van der Waals surface area contributed by atoms with Crippen LogP contribution in [0.15, 0.2) is 0 Å². The first-order valence-electron chi connectivity index (χ1n) is 4.47. The molecular formula is C9H19Si. The third-order valence-corrected chi connectivity index (χ3v) is 2.98. The highest BCUT2D eigenvalue weighted by Crippen LogP contribution is 2.25. The van der Waals surface area contributed by atoms with Gasteiger partial charge in [0.05, 0.1) is 0 Å². The van der Waals surface area contributed by atoms with Crippen LogP contribution in [0.1, 0.15) is 46.5 Å². The standard InChI is InChI=1S/C9H19Si/c1-4-7-9(10)8(5-2)6-3/h8-9H,4-7H2,1-3H3. The molecule has 0 aliphatic rings. The molecule has 0 rings (SSSR count). The molecule has 3 radical (unpaired) electrons. The first-order chi connectivity index (χ1) is 4.76. The lowest BCUT2D eigenvalue weighted by Crippen LogP contribution is -2.06. The Morgan fingerprint density at radius 3 is 1.90 bits per heavy atom. The maximum atomic E-state index is 3.77. The van der Waals surface area contributed by atoms with E-state index in [1.54, 1.807) is 0 Å². The van der Waals surface area contributed by atoms with Gasteiger partial charge in [-0.25, -0.2) is 0 Å². The van der Waals surface area contributed by atoms with Crippen LogP contribution in [0.25, 0.3) is 0 Å². The lowest BCUT2D eigenvalue weighted by Gasteiger charge is -2.19. The molecule has 59 valence electrons. The second-order valence-corrected chi connectivity index (χ2v) is 3.71. The van der Waals surface area contributed by atoms with Gasteiger partial charge in [-0.05, 0) is 11.5 Å². The van der Waals surface area contributed by atoms with Crippen molar-refractivity contribution in [3.8, 4) is 0 Å². The highest BCUT2D eigenvalue weighted by atomic mass is 28.1. The molecule has 0 aliphatic carbocycles. The second kappa shape index (κ2) is 5.96. The average Bonchev–Trinajstić information content (AvgIpc) is 1.91. The summed E-state index contributed by atoms with van der Waals surface area (Å²) >= 11 is 0. The van der Waals surface area contributed by atoms with E-state index < -0.39 is 0 Å². The molecule has 10 heavy (non-hydrogen) atoms. The minimum atomic E-state index is 0.750. The Bertz CT molecular complexity index is 67.1. The molecule has 0 bridgehead atoms. The van der Waals surface area contributed by atoms with E-state index in [0.717, 1.165) is 11.5 Å². The topological polar surface area (TPSA) is 0 Å². The molecule has 0 saturated heterocycles. The fourth-order valence-corrected chi connectivity index (χ4v) is 2.16. The van der Waals surface area contributed by atoms with Crippen molar-refractivity contribution in [2.45, 2.75) is 52.0 Å². The number of hydrogen-bond acceptors (Lipinski definition) is 0. The van der Waals surface area contributed by atoms with Crippen molar-refractivity contribution in [1.29, 1.82) is 0 Å². The largest absolute Gasteiger partial charge is 0.0654 e. The van der Waals surface area contributed by atoms with E-state index in [1.807, 2.05) is 0 Å². The van der Waals surface area contributed by atoms with Crippen molar-refractivity contribution in [2.24, 2.45) is 5.92 Å². The summed E-state index contributed by atoms with van der Waals surface area (Å²) in [6.45, 7) is 6.80. The van der Waals surface area contributed by atoms with Crippen molar-refractivity contribution in [3.05, 3.63) is 0 Å². The lowest BCUT2D eigenvalue weighted by molar-refractivity contribution is 0.439. The quantitative estimate of drug-likeness (QED) is 0.535.